The Kier molecular flexibility index (Phi) is 2.64. The Bertz CT molecular complexity index is 676. The third-order valence-corrected chi connectivity index (χ3v) is 3.01. The summed E-state index contributed by atoms with van der Waals surface area (Å²) in [5.74, 6) is 0.987. The van der Waals surface area contributed by atoms with Crippen LogP contribution in [0.15, 0.2) is 29.0 Å². The number of halogens is 1. The monoisotopic (exact) mass is 263 g/mol. The smallest absolute Gasteiger partial charge is 0.228 e. The number of para-hydroxylation sites is 1. The summed E-state index contributed by atoms with van der Waals surface area (Å²) in [6.45, 7) is 0.592. The van der Waals surface area contributed by atoms with E-state index in [1.54, 1.807) is 0 Å². The van der Waals surface area contributed by atoms with E-state index in [-0.39, 0.29) is 0 Å². The van der Waals surface area contributed by atoms with Gasteiger partial charge in [0, 0.05) is 13.0 Å². The lowest BCUT2D eigenvalue weighted by atomic mass is 10.3. The van der Waals surface area contributed by atoms with Crippen molar-refractivity contribution in [2.75, 3.05) is 5.73 Å². The predicted octanol–water partition coefficient (Wildman–Crippen LogP) is 1.90. The molecule has 2 heterocycles. The van der Waals surface area contributed by atoms with Crippen LogP contribution in [0.5, 0.6) is 0 Å². The lowest BCUT2D eigenvalue weighted by Crippen LogP contribution is -2.06. The molecule has 2 aromatic heterocycles. The first-order valence-electron chi connectivity index (χ1n) is 5.41. The third kappa shape index (κ3) is 1.80. The molecule has 0 spiro atoms. The summed E-state index contributed by atoms with van der Waals surface area (Å²) in [6.07, 6.45) is 1.96. The highest BCUT2D eigenvalue weighted by molar-refractivity contribution is 6.35. The second-order valence-corrected chi connectivity index (χ2v) is 4.22. The molecule has 7 heteroatoms. The molecule has 0 bridgehead atoms. The van der Waals surface area contributed by atoms with Gasteiger partial charge in [0.25, 0.3) is 0 Å². The standard InChI is InChI=1S/C11H10ClN5O/c12-7-2-1-3-8-10(7)17(11(13)16-8)5-4-9-14-6-15-18-9/h1-3,6H,4-5H2,(H2,13,16). The number of aromatic nitrogens is 4. The van der Waals surface area contributed by atoms with Crippen molar-refractivity contribution in [2.24, 2.45) is 0 Å². The van der Waals surface area contributed by atoms with Gasteiger partial charge in [0.05, 0.1) is 16.1 Å². The molecule has 6 nitrogen and oxygen atoms in total. The first-order valence-corrected chi connectivity index (χ1v) is 5.79. The summed E-state index contributed by atoms with van der Waals surface area (Å²) in [7, 11) is 0. The van der Waals surface area contributed by atoms with Gasteiger partial charge in [-0.1, -0.05) is 22.8 Å². The van der Waals surface area contributed by atoms with Gasteiger partial charge < -0.3 is 14.8 Å². The fraction of sp³-hybridized carbons (Fsp3) is 0.182. The van der Waals surface area contributed by atoms with E-state index in [4.69, 9.17) is 21.9 Å². The van der Waals surface area contributed by atoms with Crippen LogP contribution in [-0.4, -0.2) is 19.7 Å². The van der Waals surface area contributed by atoms with E-state index in [2.05, 4.69) is 15.1 Å². The van der Waals surface area contributed by atoms with Crippen LogP contribution in [0.25, 0.3) is 11.0 Å². The molecule has 92 valence electrons. The Morgan fingerprint density at radius 1 is 1.39 bits per heavy atom. The molecule has 0 aliphatic heterocycles. The number of nitrogens with zero attached hydrogens (tertiary/aromatic N) is 4. The minimum atomic E-state index is 0.428. The first kappa shape index (κ1) is 11.0. The molecule has 0 aliphatic carbocycles. The third-order valence-electron chi connectivity index (χ3n) is 2.70. The molecule has 0 saturated heterocycles. The molecule has 0 amide bonds. The zero-order valence-electron chi connectivity index (χ0n) is 9.38. The van der Waals surface area contributed by atoms with Crippen molar-refractivity contribution in [3.05, 3.63) is 35.4 Å². The zero-order chi connectivity index (χ0) is 12.5. The Labute approximate surface area is 107 Å². The number of fused-ring (bicyclic) bond motifs is 1. The van der Waals surface area contributed by atoms with Gasteiger partial charge in [-0.25, -0.2) is 4.98 Å². The summed E-state index contributed by atoms with van der Waals surface area (Å²) in [4.78, 5) is 8.23. The molecular weight excluding hydrogens is 254 g/mol. The van der Waals surface area contributed by atoms with Crippen LogP contribution in [0, 0.1) is 0 Å². The number of rotatable bonds is 3. The van der Waals surface area contributed by atoms with Gasteiger partial charge in [0.1, 0.15) is 0 Å². The van der Waals surface area contributed by atoms with E-state index >= 15 is 0 Å². The van der Waals surface area contributed by atoms with Gasteiger partial charge in [0.2, 0.25) is 11.8 Å². The van der Waals surface area contributed by atoms with Gasteiger partial charge in [0.15, 0.2) is 6.33 Å². The molecule has 0 radical (unpaired) electrons. The number of hydrogen-bond donors (Lipinski definition) is 1. The highest BCUT2D eigenvalue weighted by Gasteiger charge is 2.11. The molecule has 0 aliphatic rings. The second-order valence-electron chi connectivity index (χ2n) is 3.81. The van der Waals surface area contributed by atoms with Gasteiger partial charge in [-0.3, -0.25) is 0 Å². The minimum absolute atomic E-state index is 0.428. The molecule has 0 unspecified atom stereocenters. The fourth-order valence-corrected chi connectivity index (χ4v) is 2.17. The molecule has 0 atom stereocenters. The summed E-state index contributed by atoms with van der Waals surface area (Å²) in [6, 6.07) is 5.54. The summed E-state index contributed by atoms with van der Waals surface area (Å²) >= 11 is 6.17. The van der Waals surface area contributed by atoms with Crippen molar-refractivity contribution >= 4 is 28.6 Å². The maximum atomic E-state index is 6.17. The largest absolute Gasteiger partial charge is 0.369 e. The highest BCUT2D eigenvalue weighted by Crippen LogP contribution is 2.25. The maximum Gasteiger partial charge on any atom is 0.228 e. The zero-order valence-corrected chi connectivity index (χ0v) is 10.1. The van der Waals surface area contributed by atoms with Gasteiger partial charge in [-0.15, -0.1) is 0 Å². The van der Waals surface area contributed by atoms with E-state index < -0.39 is 0 Å². The van der Waals surface area contributed by atoms with E-state index in [1.165, 1.54) is 6.33 Å². The van der Waals surface area contributed by atoms with E-state index in [0.717, 1.165) is 11.0 Å². The lowest BCUT2D eigenvalue weighted by Gasteiger charge is -2.05. The average Bonchev–Trinajstić information content (AvgIpc) is 2.94. The molecular formula is C11H10ClN5O. The Hall–Kier alpha value is -2.08. The van der Waals surface area contributed by atoms with Crippen LogP contribution < -0.4 is 5.73 Å². The van der Waals surface area contributed by atoms with Crippen LogP contribution in [-0.2, 0) is 13.0 Å². The van der Waals surface area contributed by atoms with Crippen molar-refractivity contribution in [1.82, 2.24) is 19.7 Å². The quantitative estimate of drug-likeness (QED) is 0.780. The predicted molar refractivity (Wildman–Crippen MR) is 67.2 cm³/mol. The molecule has 0 fully saturated rings. The Morgan fingerprint density at radius 3 is 3.06 bits per heavy atom. The summed E-state index contributed by atoms with van der Waals surface area (Å²) < 4.78 is 6.79. The number of aryl methyl sites for hydroxylation is 2. The number of nitrogens with two attached hydrogens (primary N) is 1. The van der Waals surface area contributed by atoms with Crippen LogP contribution in [0.4, 0.5) is 5.95 Å². The van der Waals surface area contributed by atoms with E-state index in [9.17, 15) is 0 Å². The second kappa shape index (κ2) is 4.30. The molecule has 1 aromatic carbocycles. The van der Waals surface area contributed by atoms with Gasteiger partial charge in [-0.05, 0) is 12.1 Å². The number of benzene rings is 1. The Balaban J connectivity index is 1.98. The van der Waals surface area contributed by atoms with Crippen LogP contribution in [0.3, 0.4) is 0 Å². The van der Waals surface area contributed by atoms with Crippen molar-refractivity contribution in [1.29, 1.82) is 0 Å². The molecule has 2 N–H and O–H groups in total. The minimum Gasteiger partial charge on any atom is -0.369 e. The number of anilines is 1. The SMILES string of the molecule is Nc1nc2cccc(Cl)c2n1CCc1ncno1. The number of nitrogen functional groups attached to an aromatic ring is 1. The van der Waals surface area contributed by atoms with Crippen molar-refractivity contribution < 1.29 is 4.52 Å². The summed E-state index contributed by atoms with van der Waals surface area (Å²) in [5, 5.41) is 4.18. The van der Waals surface area contributed by atoms with Crippen LogP contribution >= 0.6 is 11.6 Å². The molecule has 3 rings (SSSR count). The fourth-order valence-electron chi connectivity index (χ4n) is 1.90. The van der Waals surface area contributed by atoms with Crippen molar-refractivity contribution in [3.8, 4) is 0 Å². The molecule has 18 heavy (non-hydrogen) atoms. The first-order chi connectivity index (χ1) is 8.75. The lowest BCUT2D eigenvalue weighted by molar-refractivity contribution is 0.372. The highest BCUT2D eigenvalue weighted by atomic mass is 35.5. The van der Waals surface area contributed by atoms with Gasteiger partial charge in [-0.2, -0.15) is 4.98 Å². The van der Waals surface area contributed by atoms with Gasteiger partial charge >= 0.3 is 0 Å². The maximum absolute atomic E-state index is 6.17. The molecule has 0 saturated carbocycles. The van der Waals surface area contributed by atoms with Crippen molar-refractivity contribution in [3.63, 3.8) is 0 Å². The normalized spacial score (nSPS) is 11.2. The average molecular weight is 264 g/mol. The summed E-state index contributed by atoms with van der Waals surface area (Å²) in [5.41, 5.74) is 7.50. The number of hydrogen-bond acceptors (Lipinski definition) is 5. The Morgan fingerprint density at radius 2 is 2.28 bits per heavy atom. The topological polar surface area (TPSA) is 82.8 Å². The van der Waals surface area contributed by atoms with Crippen LogP contribution in [0.1, 0.15) is 5.89 Å². The van der Waals surface area contributed by atoms with Crippen molar-refractivity contribution in [2.45, 2.75) is 13.0 Å². The molecule has 3 aromatic rings. The van der Waals surface area contributed by atoms with E-state index in [1.807, 2.05) is 22.8 Å². The van der Waals surface area contributed by atoms with E-state index in [0.29, 0.717) is 29.8 Å². The number of imidazole rings is 1. The van der Waals surface area contributed by atoms with Crippen LogP contribution in [0.2, 0.25) is 5.02 Å².